The molecule has 168 valence electrons. The van der Waals surface area contributed by atoms with Gasteiger partial charge in [0.2, 0.25) is 0 Å². The maximum absolute atomic E-state index is 13.5. The van der Waals surface area contributed by atoms with Gasteiger partial charge < -0.3 is 4.74 Å². The largest absolute Gasteiger partial charge is 0.465 e. The van der Waals surface area contributed by atoms with Crippen molar-refractivity contribution in [1.82, 2.24) is 0 Å². The lowest BCUT2D eigenvalue weighted by atomic mass is 9.90. The van der Waals surface area contributed by atoms with Gasteiger partial charge in [-0.3, -0.25) is 4.79 Å². The fourth-order valence-corrected chi connectivity index (χ4v) is 1.76. The van der Waals surface area contributed by atoms with Gasteiger partial charge in [-0.25, -0.2) is 0 Å². The molecule has 0 N–H and O–H groups in total. The molecule has 0 saturated heterocycles. The Hall–Kier alpha value is -1.44. The summed E-state index contributed by atoms with van der Waals surface area (Å²) in [5.74, 6) is -39.8. The SMILES string of the molecule is CCC(=O)OCC(C)CC(F)(F)C(F)(F)C(F)(F)C(F)(F)C(F)(F)C(F)(F)F. The number of ether oxygens (including phenoxy) is 1. The Balaban J connectivity index is 5.82. The predicted octanol–water partition coefficient (Wildman–Crippen LogP) is 5.70. The van der Waals surface area contributed by atoms with Crippen LogP contribution in [0.3, 0.4) is 0 Å². The van der Waals surface area contributed by atoms with Crippen LogP contribution in [0.15, 0.2) is 0 Å². The van der Waals surface area contributed by atoms with Crippen molar-refractivity contribution >= 4 is 5.97 Å². The van der Waals surface area contributed by atoms with Crippen LogP contribution in [0.2, 0.25) is 0 Å². The van der Waals surface area contributed by atoms with E-state index < -0.39 is 60.7 Å². The minimum absolute atomic E-state index is 0.296. The smallest absolute Gasteiger partial charge is 0.460 e. The van der Waals surface area contributed by atoms with Crippen molar-refractivity contribution in [2.24, 2.45) is 5.92 Å². The number of esters is 1. The van der Waals surface area contributed by atoms with E-state index in [9.17, 15) is 61.9 Å². The highest BCUT2D eigenvalue weighted by Gasteiger charge is 2.90. The number of hydrogen-bond acceptors (Lipinski definition) is 2. The fraction of sp³-hybridized carbons (Fsp3) is 0.923. The highest BCUT2D eigenvalue weighted by atomic mass is 19.4. The van der Waals surface area contributed by atoms with Gasteiger partial charge in [0.1, 0.15) is 0 Å². The highest BCUT2D eigenvalue weighted by molar-refractivity contribution is 5.68. The monoisotopic (exact) mass is 448 g/mol. The zero-order valence-corrected chi connectivity index (χ0v) is 13.9. The fourth-order valence-electron chi connectivity index (χ4n) is 1.76. The molecule has 0 aromatic rings. The summed E-state index contributed by atoms with van der Waals surface area (Å²) in [6.45, 7) is 0.811. The van der Waals surface area contributed by atoms with Crippen molar-refractivity contribution in [2.45, 2.75) is 62.5 Å². The van der Waals surface area contributed by atoms with Crippen LogP contribution in [-0.2, 0) is 9.53 Å². The molecule has 0 fully saturated rings. The van der Waals surface area contributed by atoms with Crippen molar-refractivity contribution in [3.63, 3.8) is 0 Å². The van der Waals surface area contributed by atoms with Gasteiger partial charge >= 0.3 is 41.8 Å². The molecule has 0 amide bonds. The molecule has 0 bridgehead atoms. The Bertz CT molecular complexity index is 553. The van der Waals surface area contributed by atoms with E-state index in [1.54, 1.807) is 0 Å². The molecular formula is C13H13F13O2. The molecule has 0 aliphatic carbocycles. The van der Waals surface area contributed by atoms with Crippen LogP contribution in [0.4, 0.5) is 57.1 Å². The molecule has 0 rings (SSSR count). The summed E-state index contributed by atoms with van der Waals surface area (Å²) in [6, 6.07) is 0. The number of carbonyl (C=O) groups excluding carboxylic acids is 1. The molecule has 1 unspecified atom stereocenters. The number of hydrogen-bond donors (Lipinski definition) is 0. The predicted molar refractivity (Wildman–Crippen MR) is 65.8 cm³/mol. The van der Waals surface area contributed by atoms with Gasteiger partial charge in [0.25, 0.3) is 0 Å². The lowest BCUT2D eigenvalue weighted by Crippen LogP contribution is -2.70. The summed E-state index contributed by atoms with van der Waals surface area (Å²) >= 11 is 0. The Labute approximate surface area is 149 Å². The third-order valence-electron chi connectivity index (χ3n) is 3.42. The summed E-state index contributed by atoms with van der Waals surface area (Å²) in [7, 11) is 0. The van der Waals surface area contributed by atoms with E-state index in [1.165, 1.54) is 6.92 Å². The first-order valence-corrected chi connectivity index (χ1v) is 7.21. The van der Waals surface area contributed by atoms with E-state index in [0.717, 1.165) is 0 Å². The third kappa shape index (κ3) is 4.42. The first-order chi connectivity index (χ1) is 12.1. The average molecular weight is 448 g/mol. The standard InChI is InChI=1S/C13H13F13O2/c1-3-7(27)28-5-6(2)4-8(14,15)9(16,17)10(18,19)11(20,21)12(22,23)13(24,25)26/h6H,3-5H2,1-2H3. The molecule has 0 heterocycles. The van der Waals surface area contributed by atoms with Crippen LogP contribution in [0.1, 0.15) is 26.7 Å². The molecule has 0 spiro atoms. The summed E-state index contributed by atoms with van der Waals surface area (Å²) in [5.41, 5.74) is 0. The summed E-state index contributed by atoms with van der Waals surface area (Å²) in [4.78, 5) is 10.8. The van der Waals surface area contributed by atoms with E-state index in [0.29, 0.717) is 6.92 Å². The van der Waals surface area contributed by atoms with Crippen LogP contribution in [0.5, 0.6) is 0 Å². The first kappa shape index (κ1) is 26.6. The van der Waals surface area contributed by atoms with Gasteiger partial charge in [0, 0.05) is 12.8 Å². The molecular weight excluding hydrogens is 435 g/mol. The van der Waals surface area contributed by atoms with Crippen LogP contribution in [0, 0.1) is 5.92 Å². The van der Waals surface area contributed by atoms with Gasteiger partial charge in [-0.15, -0.1) is 0 Å². The number of alkyl halides is 13. The molecule has 28 heavy (non-hydrogen) atoms. The van der Waals surface area contributed by atoms with E-state index in [1.807, 2.05) is 0 Å². The molecule has 15 heteroatoms. The van der Waals surface area contributed by atoms with Crippen LogP contribution >= 0.6 is 0 Å². The highest BCUT2D eigenvalue weighted by Crippen LogP contribution is 2.60. The van der Waals surface area contributed by atoms with Crippen LogP contribution in [0.25, 0.3) is 0 Å². The van der Waals surface area contributed by atoms with Gasteiger partial charge in [0.15, 0.2) is 0 Å². The normalized spacial score (nSPS) is 16.1. The average Bonchev–Trinajstić information content (AvgIpc) is 2.50. The Morgan fingerprint density at radius 2 is 1.14 bits per heavy atom. The maximum Gasteiger partial charge on any atom is 0.460 e. The zero-order chi connectivity index (χ0) is 23.0. The summed E-state index contributed by atoms with van der Waals surface area (Å²) in [6.07, 6.45) is -10.1. The van der Waals surface area contributed by atoms with Crippen molar-refractivity contribution in [1.29, 1.82) is 0 Å². The lowest BCUT2D eigenvalue weighted by molar-refractivity contribution is -0.440. The quantitative estimate of drug-likeness (QED) is 0.334. The molecule has 0 aromatic carbocycles. The topological polar surface area (TPSA) is 26.3 Å². The van der Waals surface area contributed by atoms with Crippen LogP contribution in [-0.4, -0.2) is 48.4 Å². The first-order valence-electron chi connectivity index (χ1n) is 7.21. The second-order valence-electron chi connectivity index (χ2n) is 5.85. The molecule has 1 atom stereocenters. The molecule has 0 saturated carbocycles. The molecule has 2 nitrogen and oxygen atoms in total. The van der Waals surface area contributed by atoms with Crippen molar-refractivity contribution in [2.75, 3.05) is 6.61 Å². The second-order valence-corrected chi connectivity index (χ2v) is 5.85. The number of rotatable bonds is 9. The van der Waals surface area contributed by atoms with Gasteiger partial charge in [-0.1, -0.05) is 13.8 Å². The Kier molecular flexibility index (Phi) is 7.37. The summed E-state index contributed by atoms with van der Waals surface area (Å²) in [5, 5.41) is 0. The minimum atomic E-state index is -7.91. The van der Waals surface area contributed by atoms with E-state index in [2.05, 4.69) is 4.74 Å². The van der Waals surface area contributed by atoms with Gasteiger partial charge in [-0.05, 0) is 5.92 Å². The number of carbonyl (C=O) groups is 1. The second kappa shape index (κ2) is 7.76. The van der Waals surface area contributed by atoms with Crippen LogP contribution < -0.4 is 0 Å². The van der Waals surface area contributed by atoms with Crippen molar-refractivity contribution < 1.29 is 66.6 Å². The third-order valence-corrected chi connectivity index (χ3v) is 3.42. The molecule has 0 aliphatic rings. The minimum Gasteiger partial charge on any atom is -0.465 e. The maximum atomic E-state index is 13.5. The van der Waals surface area contributed by atoms with Gasteiger partial charge in [0.05, 0.1) is 6.61 Å². The molecule has 0 aromatic heterocycles. The Morgan fingerprint density at radius 1 is 0.750 bits per heavy atom. The summed E-state index contributed by atoms with van der Waals surface area (Å²) < 4.78 is 172. The van der Waals surface area contributed by atoms with Crippen molar-refractivity contribution in [3.8, 4) is 0 Å². The molecule has 0 aliphatic heterocycles. The molecule has 0 radical (unpaired) electrons. The Morgan fingerprint density at radius 3 is 1.50 bits per heavy atom. The van der Waals surface area contributed by atoms with E-state index >= 15 is 0 Å². The van der Waals surface area contributed by atoms with E-state index in [-0.39, 0.29) is 6.42 Å². The number of halogens is 13. The van der Waals surface area contributed by atoms with E-state index in [4.69, 9.17) is 0 Å². The van der Waals surface area contributed by atoms with Crippen molar-refractivity contribution in [3.05, 3.63) is 0 Å². The lowest BCUT2D eigenvalue weighted by Gasteiger charge is -2.40. The zero-order valence-electron chi connectivity index (χ0n) is 13.9. The van der Waals surface area contributed by atoms with Gasteiger partial charge in [-0.2, -0.15) is 57.1 Å².